The highest BCUT2D eigenvalue weighted by Gasteiger charge is 2.29. The van der Waals surface area contributed by atoms with Crippen molar-refractivity contribution in [3.8, 4) is 0 Å². The van der Waals surface area contributed by atoms with E-state index in [-0.39, 0.29) is 19.3 Å². The molecule has 0 aromatic carbocycles. The zero-order valence-electron chi connectivity index (χ0n) is 67.4. The fourth-order valence-electron chi connectivity index (χ4n) is 10.3. The molecule has 0 radical (unpaired) electrons. The largest absolute Gasteiger partial charge is 0.472 e. The molecular formula is C91H146O16P2. The van der Waals surface area contributed by atoms with E-state index < -0.39 is 91.5 Å². The van der Waals surface area contributed by atoms with Crippen molar-refractivity contribution in [2.75, 3.05) is 39.6 Å². The molecule has 0 rings (SSSR count). The number of ether oxygens (including phenoxy) is 3. The number of carbonyl (C=O) groups excluding carboxylic acids is 3. The number of hydrogen-bond donors (Lipinski definition) is 4. The minimum absolute atomic E-state index is 0.0472. The van der Waals surface area contributed by atoms with Crippen LogP contribution in [0.1, 0.15) is 290 Å². The number of phosphoric ester groups is 2. The van der Waals surface area contributed by atoms with Gasteiger partial charge >= 0.3 is 33.6 Å². The standard InChI is InChI=1S/C91H146O16P2/c1-4-7-10-13-16-19-22-25-28-31-34-36-37-38-39-40-41-42-43-44-45-46-47-49-52-53-56-59-62-65-68-71-74-77-89(94)101-80-86(92)81-103-108(97,98)104-82-87(93)83-105-109(99,100)106-85-88(107-91(96)79-76-73-70-67-64-61-58-55-50-33-30-27-24-21-18-15-12-9-6-3)84-102-90(95)78-75-72-69-66-63-60-57-54-51-48-35-32-29-26-23-20-17-14-11-8-5-2/h7-12,16-21,25-30,34-36,38-39,41-42,48,50,54-55,57,61,63-64,66,86-88,92-93H,4-6,13-15,22-24,31-33,37,40,43-47,49,51-53,56,58-60,62,65,67-85H2,1-3H3,(H,97,98)(H,99,100)/b10-7-,11-8-,12-9-,19-16-,20-17-,21-18-,28-25-,29-26-,30-27-,36-34-,39-38-,42-41-,48-35-,55-50-,57-54-,64-61-,66-63-. The SMILES string of the molecule is CC/C=C\C/C=C\C/C=C\C/C=C\C/C=C\C/C=C\CCCCCCCCCCCCCCCCC(=O)OCC(O)COP(=O)(O)OCC(O)COP(=O)(O)OCC(COC(=O)CCCC/C=C\C/C=C\C/C=C\C/C=C\C/C=C\C/C=C\CC)OC(=O)CCCCC/C=C\C/C=C\C/C=C\C/C=C\C/C=C\CC. The lowest BCUT2D eigenvalue weighted by Gasteiger charge is -2.21. The van der Waals surface area contributed by atoms with E-state index in [4.69, 9.17) is 32.3 Å². The number of phosphoric acid groups is 2. The molecule has 0 bridgehead atoms. The van der Waals surface area contributed by atoms with E-state index in [9.17, 15) is 43.5 Å². The Morgan fingerprint density at radius 3 is 0.752 bits per heavy atom. The van der Waals surface area contributed by atoms with Crippen LogP contribution in [0.2, 0.25) is 0 Å². The molecule has 5 atom stereocenters. The minimum atomic E-state index is -4.96. The van der Waals surface area contributed by atoms with Crippen molar-refractivity contribution in [2.24, 2.45) is 0 Å². The first-order valence-corrected chi connectivity index (χ1v) is 44.4. The molecule has 16 nitrogen and oxygen atoms in total. The molecule has 0 aliphatic carbocycles. The summed E-state index contributed by atoms with van der Waals surface area (Å²) < 4.78 is 61.2. The van der Waals surface area contributed by atoms with Crippen LogP contribution in [0, 0.1) is 0 Å². The molecule has 0 heterocycles. The molecule has 0 aliphatic heterocycles. The second kappa shape index (κ2) is 81.6. The molecule has 18 heteroatoms. The second-order valence-electron chi connectivity index (χ2n) is 26.8. The molecule has 4 N–H and O–H groups in total. The van der Waals surface area contributed by atoms with Gasteiger partial charge in [-0.15, -0.1) is 0 Å². The van der Waals surface area contributed by atoms with E-state index in [2.05, 4.69) is 227 Å². The van der Waals surface area contributed by atoms with Crippen molar-refractivity contribution < 1.29 is 75.8 Å². The number of rotatable bonds is 76. The van der Waals surface area contributed by atoms with E-state index in [1.807, 2.05) is 0 Å². The first-order valence-electron chi connectivity index (χ1n) is 41.4. The molecule has 0 fully saturated rings. The fourth-order valence-corrected chi connectivity index (χ4v) is 11.9. The van der Waals surface area contributed by atoms with Gasteiger partial charge in [0.1, 0.15) is 25.4 Å². The monoisotopic (exact) mass is 1560 g/mol. The summed E-state index contributed by atoms with van der Waals surface area (Å²) >= 11 is 0. The number of esters is 3. The molecule has 0 spiro atoms. The number of allylic oxidation sites excluding steroid dienone is 34. The van der Waals surface area contributed by atoms with Gasteiger partial charge in [-0.2, -0.15) is 0 Å². The Morgan fingerprint density at radius 2 is 0.459 bits per heavy atom. The van der Waals surface area contributed by atoms with Gasteiger partial charge in [0.2, 0.25) is 0 Å². The highest BCUT2D eigenvalue weighted by atomic mass is 31.2. The van der Waals surface area contributed by atoms with Gasteiger partial charge in [0, 0.05) is 19.3 Å². The number of carbonyl (C=O) groups is 3. The van der Waals surface area contributed by atoms with Crippen LogP contribution in [0.25, 0.3) is 0 Å². The summed E-state index contributed by atoms with van der Waals surface area (Å²) in [5.74, 6) is -1.68. The molecule has 616 valence electrons. The maximum Gasteiger partial charge on any atom is 0.472 e. The van der Waals surface area contributed by atoms with E-state index >= 15 is 0 Å². The quantitative estimate of drug-likeness (QED) is 0.0146. The van der Waals surface area contributed by atoms with Gasteiger partial charge in [0.15, 0.2) is 6.10 Å². The topological polar surface area (TPSA) is 231 Å². The van der Waals surface area contributed by atoms with Crippen LogP contribution in [0.5, 0.6) is 0 Å². The molecule has 0 aromatic rings. The van der Waals surface area contributed by atoms with Crippen molar-refractivity contribution >= 4 is 33.6 Å². The third-order valence-corrected chi connectivity index (χ3v) is 18.4. The Hall–Kier alpha value is -5.87. The summed E-state index contributed by atoms with van der Waals surface area (Å²) in [5, 5.41) is 20.7. The van der Waals surface area contributed by atoms with Crippen LogP contribution < -0.4 is 0 Å². The van der Waals surface area contributed by atoms with Crippen LogP contribution in [0.15, 0.2) is 207 Å². The normalized spacial score (nSPS) is 15.0. The Kier molecular flexibility index (Phi) is 77.2. The molecule has 109 heavy (non-hydrogen) atoms. The lowest BCUT2D eigenvalue weighted by molar-refractivity contribution is -0.161. The summed E-state index contributed by atoms with van der Waals surface area (Å²) in [4.78, 5) is 58.7. The summed E-state index contributed by atoms with van der Waals surface area (Å²) in [6.07, 6.45) is 109. The Morgan fingerprint density at radius 1 is 0.257 bits per heavy atom. The van der Waals surface area contributed by atoms with Crippen LogP contribution in [0.4, 0.5) is 0 Å². The van der Waals surface area contributed by atoms with E-state index in [1.54, 1.807) is 0 Å². The number of aliphatic hydroxyl groups excluding tert-OH is 2. The third kappa shape index (κ3) is 82.9. The van der Waals surface area contributed by atoms with Crippen molar-refractivity contribution in [3.63, 3.8) is 0 Å². The van der Waals surface area contributed by atoms with Gasteiger partial charge in [-0.05, 0) is 167 Å². The van der Waals surface area contributed by atoms with Gasteiger partial charge in [0.05, 0.1) is 26.4 Å². The van der Waals surface area contributed by atoms with Crippen molar-refractivity contribution in [1.29, 1.82) is 0 Å². The number of aliphatic hydroxyl groups is 2. The smallest absolute Gasteiger partial charge is 0.463 e. The minimum Gasteiger partial charge on any atom is -0.463 e. The van der Waals surface area contributed by atoms with Gasteiger partial charge in [-0.1, -0.05) is 311 Å². The van der Waals surface area contributed by atoms with Crippen molar-refractivity contribution in [1.82, 2.24) is 0 Å². The first-order chi connectivity index (χ1) is 53.2. The van der Waals surface area contributed by atoms with Crippen LogP contribution in [-0.4, -0.2) is 95.9 Å². The molecule has 5 unspecified atom stereocenters. The zero-order valence-corrected chi connectivity index (χ0v) is 69.2. The first kappa shape index (κ1) is 103. The third-order valence-electron chi connectivity index (χ3n) is 16.5. The van der Waals surface area contributed by atoms with E-state index in [0.717, 1.165) is 167 Å². The predicted octanol–water partition coefficient (Wildman–Crippen LogP) is 24.9. The van der Waals surface area contributed by atoms with E-state index in [1.165, 1.54) is 64.2 Å². The number of hydrogen-bond acceptors (Lipinski definition) is 14. The van der Waals surface area contributed by atoms with Gasteiger partial charge in [-0.3, -0.25) is 32.5 Å². The summed E-state index contributed by atoms with van der Waals surface area (Å²) in [6, 6.07) is 0. The van der Waals surface area contributed by atoms with Crippen molar-refractivity contribution in [2.45, 2.75) is 309 Å². The highest BCUT2D eigenvalue weighted by molar-refractivity contribution is 7.47. The fraction of sp³-hybridized carbons (Fsp3) is 0.593. The summed E-state index contributed by atoms with van der Waals surface area (Å²) in [5.41, 5.74) is 0. The molecular weight excluding hydrogens is 1410 g/mol. The van der Waals surface area contributed by atoms with Crippen LogP contribution in [-0.2, 0) is 55.8 Å². The molecule has 0 amide bonds. The van der Waals surface area contributed by atoms with Gasteiger partial charge in [-0.25, -0.2) is 9.13 Å². The Bertz CT molecular complexity index is 2810. The lowest BCUT2D eigenvalue weighted by Crippen LogP contribution is -2.30. The average molecular weight is 1560 g/mol. The number of unbranched alkanes of at least 4 members (excludes halogenated alkanes) is 19. The predicted molar refractivity (Wildman–Crippen MR) is 454 cm³/mol. The lowest BCUT2D eigenvalue weighted by atomic mass is 10.0. The summed E-state index contributed by atoms with van der Waals surface area (Å²) in [7, 11) is -9.84. The van der Waals surface area contributed by atoms with Crippen LogP contribution in [0.3, 0.4) is 0 Å². The Labute approximate surface area is 660 Å². The van der Waals surface area contributed by atoms with E-state index in [0.29, 0.717) is 19.3 Å². The Balaban J connectivity index is 4.61. The second-order valence-corrected chi connectivity index (χ2v) is 29.7. The van der Waals surface area contributed by atoms with Crippen LogP contribution >= 0.6 is 15.6 Å². The summed E-state index contributed by atoms with van der Waals surface area (Å²) in [6.45, 7) is 2.23. The highest BCUT2D eigenvalue weighted by Crippen LogP contribution is 2.45. The van der Waals surface area contributed by atoms with Gasteiger partial charge < -0.3 is 34.2 Å². The van der Waals surface area contributed by atoms with Crippen molar-refractivity contribution in [3.05, 3.63) is 207 Å². The molecule has 0 aromatic heterocycles. The van der Waals surface area contributed by atoms with Gasteiger partial charge in [0.25, 0.3) is 0 Å². The molecule has 0 saturated carbocycles. The maximum absolute atomic E-state index is 13.0. The zero-order chi connectivity index (χ0) is 79.4. The molecule has 0 aliphatic rings. The molecule has 0 saturated heterocycles. The maximum atomic E-state index is 13.0. The average Bonchev–Trinajstić information content (AvgIpc) is 0.896.